The molecule has 0 amide bonds. The van der Waals surface area contributed by atoms with E-state index in [2.05, 4.69) is 10.3 Å². The fourth-order valence-electron chi connectivity index (χ4n) is 2.96. The molecule has 1 heterocycles. The number of hydrogen-bond donors (Lipinski definition) is 2. The number of benzene rings is 2. The summed E-state index contributed by atoms with van der Waals surface area (Å²) in [5.41, 5.74) is 3.70. The van der Waals surface area contributed by atoms with Gasteiger partial charge in [0, 0.05) is 23.3 Å². The minimum absolute atomic E-state index is 0.0867. The molecule has 0 fully saturated rings. The lowest BCUT2D eigenvalue weighted by Gasteiger charge is -2.10. The summed E-state index contributed by atoms with van der Waals surface area (Å²) in [6.07, 6.45) is 2.54. The molecule has 3 rings (SSSR count). The van der Waals surface area contributed by atoms with E-state index >= 15 is 0 Å². The summed E-state index contributed by atoms with van der Waals surface area (Å²) in [5.74, 6) is 1.43. The van der Waals surface area contributed by atoms with Crippen molar-refractivity contribution < 1.29 is 9.47 Å². The third-order valence-electron chi connectivity index (χ3n) is 4.51. The summed E-state index contributed by atoms with van der Waals surface area (Å²) in [7, 11) is 3.24. The maximum Gasteiger partial charge on any atom is 0.252 e. The predicted octanol–water partition coefficient (Wildman–Crippen LogP) is 4.04. The molecule has 0 radical (unpaired) electrons. The predicted molar refractivity (Wildman–Crippen MR) is 112 cm³/mol. The summed E-state index contributed by atoms with van der Waals surface area (Å²) in [6, 6.07) is 15.3. The molecule has 0 unspecified atom stereocenters. The van der Waals surface area contributed by atoms with Crippen molar-refractivity contribution in [2.45, 2.75) is 13.0 Å². The number of aromatic amines is 1. The molecule has 0 aliphatic carbocycles. The third-order valence-corrected chi connectivity index (χ3v) is 4.76. The first-order valence-corrected chi connectivity index (χ1v) is 9.37. The quantitative estimate of drug-likeness (QED) is 0.562. The largest absolute Gasteiger partial charge is 0.493 e. The average Bonchev–Trinajstić information content (AvgIpc) is 2.72. The second-order valence-corrected chi connectivity index (χ2v) is 6.80. The van der Waals surface area contributed by atoms with Gasteiger partial charge in [0.15, 0.2) is 11.5 Å². The Morgan fingerprint density at radius 3 is 2.43 bits per heavy atom. The van der Waals surface area contributed by atoms with Crippen LogP contribution in [0.5, 0.6) is 11.5 Å². The normalized spacial score (nSPS) is 10.7. The van der Waals surface area contributed by atoms with Crippen LogP contribution in [0.15, 0.2) is 59.5 Å². The van der Waals surface area contributed by atoms with Crippen LogP contribution in [0.25, 0.3) is 11.1 Å². The second-order valence-electron chi connectivity index (χ2n) is 6.37. The van der Waals surface area contributed by atoms with Crippen LogP contribution >= 0.6 is 11.6 Å². The number of nitrogens with one attached hydrogen (secondary N) is 2. The fraction of sp³-hybridized carbons (Fsp3) is 0.227. The van der Waals surface area contributed by atoms with Crippen molar-refractivity contribution in [3.8, 4) is 22.6 Å². The standard InChI is InChI=1S/C22H23ClN2O3/c1-27-20-8-3-15(11-21(20)28-2)9-10-24-13-18-12-17(14-25-22(18)26)16-4-6-19(23)7-5-16/h3-8,11-12,14,24H,9-10,13H2,1-2H3,(H,25,26). The average molecular weight is 399 g/mol. The first-order chi connectivity index (χ1) is 13.6. The maximum absolute atomic E-state index is 12.1. The minimum atomic E-state index is -0.0867. The molecule has 0 aliphatic rings. The van der Waals surface area contributed by atoms with E-state index in [1.54, 1.807) is 20.4 Å². The number of ether oxygens (including phenoxy) is 2. The molecule has 0 saturated carbocycles. The van der Waals surface area contributed by atoms with Gasteiger partial charge in [-0.25, -0.2) is 0 Å². The molecule has 6 heteroatoms. The Kier molecular flexibility index (Phi) is 6.74. The molecule has 0 saturated heterocycles. The van der Waals surface area contributed by atoms with Crippen LogP contribution in [0, 0.1) is 0 Å². The smallest absolute Gasteiger partial charge is 0.252 e. The molecule has 0 bridgehead atoms. The van der Waals surface area contributed by atoms with Gasteiger partial charge < -0.3 is 19.8 Å². The van der Waals surface area contributed by atoms with E-state index in [0.717, 1.165) is 29.7 Å². The monoisotopic (exact) mass is 398 g/mol. The van der Waals surface area contributed by atoms with Crippen molar-refractivity contribution in [2.75, 3.05) is 20.8 Å². The highest BCUT2D eigenvalue weighted by atomic mass is 35.5. The highest BCUT2D eigenvalue weighted by Crippen LogP contribution is 2.27. The minimum Gasteiger partial charge on any atom is -0.493 e. The van der Waals surface area contributed by atoms with Gasteiger partial charge in [0.2, 0.25) is 0 Å². The highest BCUT2D eigenvalue weighted by Gasteiger charge is 2.06. The number of aromatic nitrogens is 1. The van der Waals surface area contributed by atoms with Gasteiger partial charge in [0.1, 0.15) is 0 Å². The van der Waals surface area contributed by atoms with Gasteiger partial charge in [-0.05, 0) is 60.0 Å². The molecule has 0 atom stereocenters. The lowest BCUT2D eigenvalue weighted by atomic mass is 10.1. The fourth-order valence-corrected chi connectivity index (χ4v) is 3.09. The van der Waals surface area contributed by atoms with Crippen molar-refractivity contribution in [3.05, 3.63) is 81.2 Å². The van der Waals surface area contributed by atoms with Crippen LogP contribution in [0.3, 0.4) is 0 Å². The maximum atomic E-state index is 12.1. The molecule has 3 aromatic rings. The summed E-state index contributed by atoms with van der Waals surface area (Å²) in [6.45, 7) is 1.23. The number of H-pyrrole nitrogens is 1. The Morgan fingerprint density at radius 1 is 0.964 bits per heavy atom. The van der Waals surface area contributed by atoms with Crippen molar-refractivity contribution in [2.24, 2.45) is 0 Å². The second kappa shape index (κ2) is 9.44. The van der Waals surface area contributed by atoms with Gasteiger partial charge in [-0.3, -0.25) is 4.79 Å². The van der Waals surface area contributed by atoms with Crippen molar-refractivity contribution in [1.29, 1.82) is 0 Å². The van der Waals surface area contributed by atoms with Gasteiger partial charge in [-0.1, -0.05) is 29.8 Å². The molecule has 0 spiro atoms. The van der Waals surface area contributed by atoms with Crippen LogP contribution in [-0.4, -0.2) is 25.7 Å². The number of methoxy groups -OCH3 is 2. The molecule has 1 aromatic heterocycles. The molecular weight excluding hydrogens is 376 g/mol. The number of rotatable bonds is 8. The summed E-state index contributed by atoms with van der Waals surface area (Å²) >= 11 is 5.94. The summed E-state index contributed by atoms with van der Waals surface area (Å²) in [4.78, 5) is 14.9. The molecule has 2 N–H and O–H groups in total. The van der Waals surface area contributed by atoms with Gasteiger partial charge in [0.05, 0.1) is 14.2 Å². The molecule has 146 valence electrons. The molecule has 5 nitrogen and oxygen atoms in total. The van der Waals surface area contributed by atoms with Crippen LogP contribution in [-0.2, 0) is 13.0 Å². The lowest BCUT2D eigenvalue weighted by molar-refractivity contribution is 0.354. The SMILES string of the molecule is COc1ccc(CCNCc2cc(-c3ccc(Cl)cc3)c[nH]c2=O)cc1OC. The van der Waals surface area contributed by atoms with Crippen LogP contribution in [0.1, 0.15) is 11.1 Å². The first-order valence-electron chi connectivity index (χ1n) is 9.00. The van der Waals surface area contributed by atoms with Gasteiger partial charge in [0.25, 0.3) is 5.56 Å². The first kappa shape index (κ1) is 20.0. The van der Waals surface area contributed by atoms with Gasteiger partial charge in [-0.15, -0.1) is 0 Å². The van der Waals surface area contributed by atoms with E-state index < -0.39 is 0 Å². The Morgan fingerprint density at radius 2 is 1.71 bits per heavy atom. The van der Waals surface area contributed by atoms with Crippen LogP contribution in [0.2, 0.25) is 5.02 Å². The highest BCUT2D eigenvalue weighted by molar-refractivity contribution is 6.30. The summed E-state index contributed by atoms with van der Waals surface area (Å²) < 4.78 is 10.6. The number of pyridine rings is 1. The zero-order valence-corrected chi connectivity index (χ0v) is 16.7. The summed E-state index contributed by atoms with van der Waals surface area (Å²) in [5, 5.41) is 4.02. The molecule has 0 aliphatic heterocycles. The Labute approximate surface area is 169 Å². The van der Waals surface area contributed by atoms with E-state index in [0.29, 0.717) is 28.6 Å². The van der Waals surface area contributed by atoms with Crippen molar-refractivity contribution in [3.63, 3.8) is 0 Å². The molecule has 28 heavy (non-hydrogen) atoms. The van der Waals surface area contributed by atoms with E-state index in [-0.39, 0.29) is 5.56 Å². The zero-order valence-electron chi connectivity index (χ0n) is 15.9. The molecular formula is C22H23ClN2O3. The number of hydrogen-bond acceptors (Lipinski definition) is 4. The zero-order chi connectivity index (χ0) is 19.9. The third kappa shape index (κ3) is 4.94. The lowest BCUT2D eigenvalue weighted by Crippen LogP contribution is -2.22. The van der Waals surface area contributed by atoms with E-state index in [1.807, 2.05) is 48.5 Å². The molecule has 2 aromatic carbocycles. The van der Waals surface area contributed by atoms with E-state index in [1.165, 1.54) is 0 Å². The Hall–Kier alpha value is -2.76. The Balaban J connectivity index is 1.61. The van der Waals surface area contributed by atoms with E-state index in [9.17, 15) is 4.79 Å². The number of halogens is 1. The van der Waals surface area contributed by atoms with Crippen molar-refractivity contribution >= 4 is 11.6 Å². The van der Waals surface area contributed by atoms with Crippen LogP contribution < -0.4 is 20.3 Å². The Bertz CT molecular complexity index is 984. The van der Waals surface area contributed by atoms with Gasteiger partial charge >= 0.3 is 0 Å². The van der Waals surface area contributed by atoms with E-state index in [4.69, 9.17) is 21.1 Å². The van der Waals surface area contributed by atoms with Crippen molar-refractivity contribution in [1.82, 2.24) is 10.3 Å². The topological polar surface area (TPSA) is 63.3 Å². The van der Waals surface area contributed by atoms with Crippen LogP contribution in [0.4, 0.5) is 0 Å². The van der Waals surface area contributed by atoms with Gasteiger partial charge in [-0.2, -0.15) is 0 Å².